The first-order valence-electron chi connectivity index (χ1n) is 21.2. The zero-order chi connectivity index (χ0) is 40.1. The van der Waals surface area contributed by atoms with E-state index in [2.05, 4.69) is 142 Å². The minimum Gasteiger partial charge on any atom is -0.461 e. The van der Waals surface area contributed by atoms with Crippen molar-refractivity contribution in [3.63, 3.8) is 0 Å². The Bertz CT molecular complexity index is 2790. The van der Waals surface area contributed by atoms with Gasteiger partial charge in [-0.3, -0.25) is 4.79 Å². The Kier molecular flexibility index (Phi) is 9.84. The van der Waals surface area contributed by atoms with Gasteiger partial charge in [0.05, 0.1) is 29.4 Å². The molecule has 0 bridgehead atoms. The lowest BCUT2D eigenvalue weighted by Crippen LogP contribution is -2.47. The second-order valence-corrected chi connectivity index (χ2v) is 17.4. The maximum absolute atomic E-state index is 12.9. The Morgan fingerprint density at radius 2 is 1.47 bits per heavy atom. The molecule has 7 aromatic rings. The molecule has 2 aliphatic rings. The number of unbranched alkanes of at least 4 members (excludes halogenated alkanes) is 1. The van der Waals surface area contributed by atoms with E-state index in [1.807, 2.05) is 30.3 Å². The predicted octanol–water partition coefficient (Wildman–Crippen LogP) is 11.9. The second-order valence-electron chi connectivity index (χ2n) is 17.4. The molecular formula is C54H54N2O2+2. The van der Waals surface area contributed by atoms with E-state index in [-0.39, 0.29) is 11.4 Å². The van der Waals surface area contributed by atoms with Crippen LogP contribution in [-0.2, 0) is 40.8 Å². The molecule has 0 saturated carbocycles. The van der Waals surface area contributed by atoms with Crippen LogP contribution in [0.25, 0.3) is 55.5 Å². The van der Waals surface area contributed by atoms with Gasteiger partial charge in [-0.15, -0.1) is 0 Å². The number of nitrogens with zero attached hydrogens (tertiary/aromatic N) is 2. The first-order valence-corrected chi connectivity index (χ1v) is 21.2. The summed E-state index contributed by atoms with van der Waals surface area (Å²) in [6, 6.07) is 40.0. The highest BCUT2D eigenvalue weighted by Crippen LogP contribution is 2.42. The normalized spacial score (nSPS) is 14.5. The molecule has 0 radical (unpaired) electrons. The van der Waals surface area contributed by atoms with Crippen molar-refractivity contribution in [1.82, 2.24) is 0 Å². The van der Waals surface area contributed by atoms with Crippen molar-refractivity contribution in [2.45, 2.75) is 98.5 Å². The van der Waals surface area contributed by atoms with Crippen LogP contribution in [-0.4, -0.2) is 5.97 Å². The lowest BCUT2D eigenvalue weighted by Gasteiger charge is -2.27. The molecule has 4 heteroatoms. The summed E-state index contributed by atoms with van der Waals surface area (Å²) in [4.78, 5) is 12.9. The van der Waals surface area contributed by atoms with Crippen LogP contribution in [0.2, 0.25) is 0 Å². The number of benzene rings is 5. The molecule has 0 aliphatic carbocycles. The van der Waals surface area contributed by atoms with Crippen molar-refractivity contribution in [2.24, 2.45) is 0 Å². The van der Waals surface area contributed by atoms with Crippen LogP contribution in [0.5, 0.6) is 0 Å². The molecule has 0 saturated heterocycles. The SMILES string of the molecule is CCCCC(C)(C)c1cc[n+]2c(c1)-c1ccc(CCC(=O)OCc3ccccc3)cc1C/C2=C1/Cc2c(C)cc(C)cc2-c2c3ccc4c(C)cccc4c3cc[n+]21. The topological polar surface area (TPSA) is 34.1 Å². The van der Waals surface area contributed by atoms with Crippen molar-refractivity contribution in [1.29, 1.82) is 0 Å². The third-order valence-electron chi connectivity index (χ3n) is 12.9. The average Bonchev–Trinajstić information content (AvgIpc) is 3.23. The van der Waals surface area contributed by atoms with Gasteiger partial charge in [0.1, 0.15) is 6.61 Å². The van der Waals surface area contributed by atoms with Gasteiger partial charge in [-0.05, 0) is 107 Å². The smallest absolute Gasteiger partial charge is 0.306 e. The van der Waals surface area contributed by atoms with Gasteiger partial charge in [0.2, 0.25) is 11.4 Å². The molecular weight excluding hydrogens is 709 g/mol. The van der Waals surface area contributed by atoms with E-state index >= 15 is 0 Å². The second kappa shape index (κ2) is 15.1. The van der Waals surface area contributed by atoms with Crippen molar-refractivity contribution < 1.29 is 18.7 Å². The van der Waals surface area contributed by atoms with Crippen LogP contribution >= 0.6 is 0 Å². The number of carbonyl (C=O) groups excluding carboxylic acids is 1. The van der Waals surface area contributed by atoms with Crippen LogP contribution in [0, 0.1) is 20.8 Å². The first kappa shape index (κ1) is 37.7. The fourth-order valence-electron chi connectivity index (χ4n) is 9.60. The van der Waals surface area contributed by atoms with Crippen molar-refractivity contribution in [3.8, 4) is 22.5 Å². The van der Waals surface area contributed by atoms with E-state index in [0.29, 0.717) is 19.4 Å². The Morgan fingerprint density at radius 3 is 2.29 bits per heavy atom. The number of fused-ring (bicyclic) bond motifs is 10. The van der Waals surface area contributed by atoms with E-state index in [9.17, 15) is 4.79 Å². The molecule has 58 heavy (non-hydrogen) atoms. The molecule has 0 atom stereocenters. The summed E-state index contributed by atoms with van der Waals surface area (Å²) in [7, 11) is 0. The maximum atomic E-state index is 12.9. The van der Waals surface area contributed by atoms with Gasteiger partial charge >= 0.3 is 5.97 Å². The summed E-state index contributed by atoms with van der Waals surface area (Å²) in [5, 5.41) is 5.17. The number of pyridine rings is 2. The van der Waals surface area contributed by atoms with Crippen LogP contribution in [0.3, 0.4) is 0 Å². The van der Waals surface area contributed by atoms with Gasteiger partial charge in [-0.2, -0.15) is 9.13 Å². The van der Waals surface area contributed by atoms with Crippen molar-refractivity contribution in [2.75, 3.05) is 0 Å². The number of hydrogen-bond acceptors (Lipinski definition) is 2. The quantitative estimate of drug-likeness (QED) is 0.0834. The molecule has 0 spiro atoms. The Morgan fingerprint density at radius 1 is 0.690 bits per heavy atom. The zero-order valence-corrected chi connectivity index (χ0v) is 34.9. The highest BCUT2D eigenvalue weighted by Gasteiger charge is 2.40. The zero-order valence-electron chi connectivity index (χ0n) is 34.9. The molecule has 9 rings (SSSR count). The lowest BCUT2D eigenvalue weighted by atomic mass is 9.79. The van der Waals surface area contributed by atoms with E-state index in [1.165, 1.54) is 102 Å². The minimum absolute atomic E-state index is 0.0523. The third kappa shape index (κ3) is 6.83. The average molecular weight is 763 g/mol. The maximum Gasteiger partial charge on any atom is 0.306 e. The van der Waals surface area contributed by atoms with Crippen LogP contribution in [0.1, 0.15) is 91.0 Å². The highest BCUT2D eigenvalue weighted by molar-refractivity contribution is 6.12. The molecule has 0 unspecified atom stereocenters. The Hall–Kier alpha value is -5.87. The van der Waals surface area contributed by atoms with E-state index < -0.39 is 0 Å². The number of esters is 1. The van der Waals surface area contributed by atoms with E-state index in [1.54, 1.807) is 0 Å². The number of rotatable bonds is 9. The largest absolute Gasteiger partial charge is 0.461 e. The molecule has 5 aromatic carbocycles. The lowest BCUT2D eigenvalue weighted by molar-refractivity contribution is -0.601. The predicted molar refractivity (Wildman–Crippen MR) is 237 cm³/mol. The van der Waals surface area contributed by atoms with Gasteiger partial charge in [0, 0.05) is 30.0 Å². The van der Waals surface area contributed by atoms with Gasteiger partial charge in [-0.1, -0.05) is 112 Å². The summed E-state index contributed by atoms with van der Waals surface area (Å²) in [5.74, 6) is -0.168. The minimum atomic E-state index is -0.168. The molecule has 0 amide bonds. The standard InChI is InChI=1S/C54H54N2O2/c1-7-8-25-54(5,6)41-23-26-55-49(32-41)43-19-17-38(18-22-52(57)58-34-39-14-10-9-11-15-39)30-40(43)31-50(55)51-33-47-37(4)28-35(2)29-48(47)53-46-21-20-42-36(3)13-12-16-44(42)45(46)24-27-56(51)53/h9-17,19-21,23-24,26-30,32H,7-8,18,22,25,31,33-34H2,1-6H3/q+2/b51-50+. The monoisotopic (exact) mass is 762 g/mol. The molecule has 4 nitrogen and oxygen atoms in total. The van der Waals surface area contributed by atoms with Crippen molar-refractivity contribution in [3.05, 3.63) is 166 Å². The number of carbonyl (C=O) groups is 1. The van der Waals surface area contributed by atoms with Crippen LogP contribution in [0.15, 0.2) is 122 Å². The van der Waals surface area contributed by atoms with Gasteiger partial charge in [0.25, 0.3) is 11.4 Å². The number of hydrogen-bond donors (Lipinski definition) is 0. The first-order chi connectivity index (χ1) is 28.1. The number of ether oxygens (including phenoxy) is 1. The summed E-state index contributed by atoms with van der Waals surface area (Å²) in [6.45, 7) is 14.1. The van der Waals surface area contributed by atoms with Gasteiger partial charge in [0.15, 0.2) is 12.4 Å². The van der Waals surface area contributed by atoms with Gasteiger partial charge in [-0.25, -0.2) is 0 Å². The molecule has 0 N–H and O–H groups in total. The van der Waals surface area contributed by atoms with Crippen LogP contribution < -0.4 is 9.13 Å². The number of allylic oxidation sites excluding steroid dienone is 2. The summed E-state index contributed by atoms with van der Waals surface area (Å²) < 4.78 is 10.7. The summed E-state index contributed by atoms with van der Waals surface area (Å²) in [5.41, 5.74) is 17.9. The Labute approximate surface area is 343 Å². The molecule has 2 aromatic heterocycles. The highest BCUT2D eigenvalue weighted by atomic mass is 16.5. The number of aryl methyl sites for hydroxylation is 4. The van der Waals surface area contributed by atoms with E-state index in [4.69, 9.17) is 4.74 Å². The fourth-order valence-corrected chi connectivity index (χ4v) is 9.60. The fraction of sp³-hybridized carbons (Fsp3) is 0.278. The summed E-state index contributed by atoms with van der Waals surface area (Å²) in [6.07, 6.45) is 10.8. The third-order valence-corrected chi connectivity index (χ3v) is 12.9. The number of aromatic nitrogens is 2. The van der Waals surface area contributed by atoms with Gasteiger partial charge < -0.3 is 4.74 Å². The van der Waals surface area contributed by atoms with E-state index in [0.717, 1.165) is 30.4 Å². The molecule has 290 valence electrons. The van der Waals surface area contributed by atoms with Crippen LogP contribution in [0.4, 0.5) is 0 Å². The Balaban J connectivity index is 1.19. The molecule has 4 heterocycles. The van der Waals surface area contributed by atoms with Crippen molar-refractivity contribution >= 4 is 38.9 Å². The molecule has 0 fully saturated rings. The molecule has 2 aliphatic heterocycles. The summed E-state index contributed by atoms with van der Waals surface area (Å²) >= 11 is 0.